The lowest BCUT2D eigenvalue weighted by molar-refractivity contribution is 1.36. The molecule has 0 unspecified atom stereocenters. The first kappa shape index (κ1) is 26.2. The van der Waals surface area contributed by atoms with Crippen molar-refractivity contribution in [3.63, 3.8) is 0 Å². The quantitative estimate of drug-likeness (QED) is 0.193. The summed E-state index contributed by atoms with van der Waals surface area (Å²) in [6.45, 7) is 0. The van der Waals surface area contributed by atoms with Gasteiger partial charge in [0, 0.05) is 32.8 Å². The summed E-state index contributed by atoms with van der Waals surface area (Å²) >= 11 is 0. The van der Waals surface area contributed by atoms with Gasteiger partial charge in [-0.05, 0) is 46.2 Å². The number of pyridine rings is 3. The number of hydrogen-bond acceptors (Lipinski definition) is 3. The molecule has 3 aromatic heterocycles. The number of aromatic nitrogens is 3. The fraction of sp³-hybridized carbons (Fsp3) is 0. The van der Waals surface area contributed by atoms with E-state index in [4.69, 9.17) is 15.0 Å². The van der Waals surface area contributed by atoms with Gasteiger partial charge >= 0.3 is 0 Å². The van der Waals surface area contributed by atoms with E-state index in [1.165, 1.54) is 5.39 Å². The van der Waals surface area contributed by atoms with Crippen molar-refractivity contribution < 1.29 is 0 Å². The van der Waals surface area contributed by atoms with Crippen LogP contribution in [0.3, 0.4) is 0 Å². The lowest BCUT2D eigenvalue weighted by Gasteiger charge is -2.16. The molecule has 3 heterocycles. The van der Waals surface area contributed by atoms with Crippen molar-refractivity contribution in [1.82, 2.24) is 15.0 Å². The van der Waals surface area contributed by atoms with E-state index >= 15 is 0 Å². The van der Waals surface area contributed by atoms with Gasteiger partial charge in [-0.1, -0.05) is 140 Å². The lowest BCUT2D eigenvalue weighted by Crippen LogP contribution is -1.96. The van der Waals surface area contributed by atoms with Crippen molar-refractivity contribution in [3.8, 4) is 44.9 Å². The summed E-state index contributed by atoms with van der Waals surface area (Å²) in [6, 6.07) is 57.2. The predicted molar refractivity (Wildman–Crippen MR) is 192 cm³/mol. The minimum absolute atomic E-state index is 0.874. The van der Waals surface area contributed by atoms with Gasteiger partial charge in [0.1, 0.15) is 0 Å². The van der Waals surface area contributed by atoms with Crippen LogP contribution in [0.15, 0.2) is 164 Å². The first-order valence-electron chi connectivity index (χ1n) is 15.5. The Morgan fingerprint density at radius 1 is 0.304 bits per heavy atom. The standard InChI is InChI=1S/C43H27N3/c1-4-12-28(13-5-1)35-27-39(30-16-8-3-9-17-30)46-43-36(26-33-18-10-11-19-34(33)40(35)43)38-25-23-32-21-20-31-22-24-37(29-14-6-2-7-15-29)44-41(31)42(32)45-38/h1-27H. The highest BCUT2D eigenvalue weighted by Gasteiger charge is 2.18. The Morgan fingerprint density at radius 2 is 0.804 bits per heavy atom. The minimum atomic E-state index is 0.874. The second-order valence-electron chi connectivity index (χ2n) is 11.6. The molecule has 0 aliphatic rings. The van der Waals surface area contributed by atoms with Crippen LogP contribution in [-0.2, 0) is 0 Å². The summed E-state index contributed by atoms with van der Waals surface area (Å²) in [6.07, 6.45) is 0. The molecule has 0 aliphatic heterocycles. The molecular formula is C43H27N3. The molecule has 0 spiro atoms. The van der Waals surface area contributed by atoms with Crippen molar-refractivity contribution in [3.05, 3.63) is 164 Å². The van der Waals surface area contributed by atoms with Crippen LogP contribution in [-0.4, -0.2) is 15.0 Å². The van der Waals surface area contributed by atoms with Crippen LogP contribution >= 0.6 is 0 Å². The van der Waals surface area contributed by atoms with Crippen LogP contribution in [0.25, 0.3) is 88.4 Å². The second-order valence-corrected chi connectivity index (χ2v) is 11.6. The van der Waals surface area contributed by atoms with Crippen LogP contribution in [0.4, 0.5) is 0 Å². The van der Waals surface area contributed by atoms with E-state index in [0.717, 1.165) is 83.0 Å². The summed E-state index contributed by atoms with van der Waals surface area (Å²) in [5, 5.41) is 5.58. The van der Waals surface area contributed by atoms with Gasteiger partial charge in [-0.15, -0.1) is 0 Å². The lowest BCUT2D eigenvalue weighted by atomic mass is 9.91. The van der Waals surface area contributed by atoms with E-state index in [-0.39, 0.29) is 0 Å². The Kier molecular flexibility index (Phi) is 6.14. The zero-order chi connectivity index (χ0) is 30.5. The molecule has 9 rings (SSSR count). The maximum absolute atomic E-state index is 5.40. The number of fused-ring (bicyclic) bond motifs is 6. The van der Waals surface area contributed by atoms with Crippen LogP contribution < -0.4 is 0 Å². The molecule has 0 saturated heterocycles. The van der Waals surface area contributed by atoms with Crippen molar-refractivity contribution in [1.29, 1.82) is 0 Å². The molecule has 0 fully saturated rings. The van der Waals surface area contributed by atoms with Gasteiger partial charge in [0.05, 0.1) is 33.6 Å². The van der Waals surface area contributed by atoms with Gasteiger partial charge in [0.2, 0.25) is 0 Å². The van der Waals surface area contributed by atoms with E-state index in [0.29, 0.717) is 0 Å². The molecule has 46 heavy (non-hydrogen) atoms. The third-order valence-corrected chi connectivity index (χ3v) is 8.82. The summed E-state index contributed by atoms with van der Waals surface area (Å²) < 4.78 is 0. The minimum Gasteiger partial charge on any atom is -0.247 e. The third-order valence-electron chi connectivity index (χ3n) is 8.82. The Morgan fingerprint density at radius 3 is 1.48 bits per heavy atom. The SMILES string of the molecule is c1ccc(-c2cc(-c3ccccc3)c3c(n2)c(-c2ccc4ccc5ccc(-c6ccccc6)nc5c4n2)cc2ccccc23)cc1. The molecule has 0 aliphatic carbocycles. The number of rotatable bonds is 4. The summed E-state index contributed by atoms with van der Waals surface area (Å²) in [4.78, 5) is 15.9. The Bertz CT molecular complexity index is 2560. The maximum atomic E-state index is 5.40. The van der Waals surface area contributed by atoms with Gasteiger partial charge in [0.15, 0.2) is 0 Å². The van der Waals surface area contributed by atoms with Crippen LogP contribution in [0.5, 0.6) is 0 Å². The second kappa shape index (κ2) is 10.8. The molecule has 0 radical (unpaired) electrons. The molecule has 3 nitrogen and oxygen atoms in total. The molecule has 0 N–H and O–H groups in total. The van der Waals surface area contributed by atoms with E-state index < -0.39 is 0 Å². The summed E-state index contributed by atoms with van der Waals surface area (Å²) in [5.41, 5.74) is 10.9. The van der Waals surface area contributed by atoms with Crippen molar-refractivity contribution in [2.75, 3.05) is 0 Å². The number of benzene rings is 6. The van der Waals surface area contributed by atoms with Crippen LogP contribution in [0.1, 0.15) is 0 Å². The van der Waals surface area contributed by atoms with Crippen molar-refractivity contribution in [2.24, 2.45) is 0 Å². The molecule has 0 amide bonds. The van der Waals surface area contributed by atoms with Crippen molar-refractivity contribution >= 4 is 43.5 Å². The largest absolute Gasteiger partial charge is 0.247 e. The van der Waals surface area contributed by atoms with Gasteiger partial charge in [0.25, 0.3) is 0 Å². The fourth-order valence-corrected chi connectivity index (χ4v) is 6.57. The zero-order valence-electron chi connectivity index (χ0n) is 24.9. The molecule has 0 bridgehead atoms. The number of hydrogen-bond donors (Lipinski definition) is 0. The van der Waals surface area contributed by atoms with Gasteiger partial charge in [-0.3, -0.25) is 0 Å². The molecule has 214 valence electrons. The highest BCUT2D eigenvalue weighted by molar-refractivity contribution is 6.18. The molecule has 3 heteroatoms. The first-order chi connectivity index (χ1) is 22.8. The average molecular weight is 586 g/mol. The van der Waals surface area contributed by atoms with E-state index in [1.54, 1.807) is 0 Å². The molecular weight excluding hydrogens is 558 g/mol. The number of nitrogens with zero attached hydrogens (tertiary/aromatic N) is 3. The van der Waals surface area contributed by atoms with Crippen LogP contribution in [0.2, 0.25) is 0 Å². The first-order valence-corrected chi connectivity index (χ1v) is 15.5. The summed E-state index contributed by atoms with van der Waals surface area (Å²) in [7, 11) is 0. The molecule has 6 aromatic carbocycles. The fourth-order valence-electron chi connectivity index (χ4n) is 6.57. The van der Waals surface area contributed by atoms with Crippen LogP contribution in [0, 0.1) is 0 Å². The molecule has 0 atom stereocenters. The summed E-state index contributed by atoms with van der Waals surface area (Å²) in [5.74, 6) is 0. The highest BCUT2D eigenvalue weighted by Crippen LogP contribution is 2.41. The average Bonchev–Trinajstić information content (AvgIpc) is 3.14. The normalized spacial score (nSPS) is 11.5. The van der Waals surface area contributed by atoms with Gasteiger partial charge in [-0.2, -0.15) is 0 Å². The predicted octanol–water partition coefficient (Wildman–Crippen LogP) is 11.2. The van der Waals surface area contributed by atoms with Gasteiger partial charge < -0.3 is 0 Å². The monoisotopic (exact) mass is 585 g/mol. The smallest absolute Gasteiger partial charge is 0.0972 e. The van der Waals surface area contributed by atoms with E-state index in [9.17, 15) is 0 Å². The third kappa shape index (κ3) is 4.41. The zero-order valence-corrected chi connectivity index (χ0v) is 24.9. The van der Waals surface area contributed by atoms with Crippen molar-refractivity contribution in [2.45, 2.75) is 0 Å². The molecule has 0 saturated carbocycles. The topological polar surface area (TPSA) is 38.7 Å². The Labute approximate surface area is 266 Å². The maximum Gasteiger partial charge on any atom is 0.0972 e. The molecule has 9 aromatic rings. The Hall–Kier alpha value is -6.19. The Balaban J connectivity index is 1.37. The highest BCUT2D eigenvalue weighted by atomic mass is 14.8. The van der Waals surface area contributed by atoms with E-state index in [1.807, 2.05) is 24.3 Å². The van der Waals surface area contributed by atoms with Gasteiger partial charge in [-0.25, -0.2) is 15.0 Å². The van der Waals surface area contributed by atoms with E-state index in [2.05, 4.69) is 140 Å².